The van der Waals surface area contributed by atoms with Gasteiger partial charge in [0.15, 0.2) is 0 Å². The van der Waals surface area contributed by atoms with E-state index in [-0.39, 0.29) is 5.75 Å². The predicted molar refractivity (Wildman–Crippen MR) is 70.9 cm³/mol. The zero-order valence-electron chi connectivity index (χ0n) is 10.1. The van der Waals surface area contributed by atoms with Crippen molar-refractivity contribution >= 4 is 9.84 Å². The first-order valence-corrected chi connectivity index (χ1v) is 7.63. The van der Waals surface area contributed by atoms with Crippen LogP contribution in [0.3, 0.4) is 0 Å². The zero-order valence-corrected chi connectivity index (χ0v) is 10.9. The van der Waals surface area contributed by atoms with Gasteiger partial charge in [-0.1, -0.05) is 0 Å². The van der Waals surface area contributed by atoms with Gasteiger partial charge < -0.3 is 0 Å². The summed E-state index contributed by atoms with van der Waals surface area (Å²) in [6, 6.07) is 5.70. The standard InChI is InChI=1S/C13H14N2O2S/c1-18(16,17)9-5-12-10-15-8-4-13(12)11-2-6-14-7-3-11/h2-4,6-8,10H,5,9H2,1H3. The van der Waals surface area contributed by atoms with Crippen LogP contribution in [0.4, 0.5) is 0 Å². The molecule has 2 heterocycles. The molecule has 0 fully saturated rings. The number of pyridine rings is 2. The third kappa shape index (κ3) is 3.37. The molecule has 0 saturated heterocycles. The fourth-order valence-electron chi connectivity index (χ4n) is 1.73. The van der Waals surface area contributed by atoms with E-state index >= 15 is 0 Å². The number of hydrogen-bond acceptors (Lipinski definition) is 4. The highest BCUT2D eigenvalue weighted by Gasteiger charge is 2.08. The Labute approximate surface area is 107 Å². The highest BCUT2D eigenvalue weighted by atomic mass is 32.2. The number of aromatic nitrogens is 2. The Bertz CT molecular complexity index is 624. The molecule has 2 aromatic rings. The molecule has 0 unspecified atom stereocenters. The van der Waals surface area contributed by atoms with E-state index in [1.807, 2.05) is 18.2 Å². The number of rotatable bonds is 4. The summed E-state index contributed by atoms with van der Waals surface area (Å²) in [5.41, 5.74) is 2.97. The van der Waals surface area contributed by atoms with Crippen molar-refractivity contribution in [3.05, 3.63) is 48.5 Å². The molecule has 0 atom stereocenters. The number of sulfone groups is 1. The predicted octanol–water partition coefficient (Wildman–Crippen LogP) is 1.73. The first kappa shape index (κ1) is 12.7. The van der Waals surface area contributed by atoms with Gasteiger partial charge in [0.05, 0.1) is 5.75 Å². The quantitative estimate of drug-likeness (QED) is 0.842. The van der Waals surface area contributed by atoms with Crippen LogP contribution < -0.4 is 0 Å². The third-order valence-electron chi connectivity index (χ3n) is 2.64. The van der Waals surface area contributed by atoms with Crippen molar-refractivity contribution in [3.63, 3.8) is 0 Å². The van der Waals surface area contributed by atoms with Gasteiger partial charge >= 0.3 is 0 Å². The molecule has 5 heteroatoms. The molecular weight excluding hydrogens is 248 g/mol. The van der Waals surface area contributed by atoms with E-state index in [1.54, 1.807) is 24.8 Å². The topological polar surface area (TPSA) is 59.9 Å². The Kier molecular flexibility index (Phi) is 3.72. The monoisotopic (exact) mass is 262 g/mol. The third-order valence-corrected chi connectivity index (χ3v) is 3.58. The van der Waals surface area contributed by atoms with Crippen molar-refractivity contribution in [1.29, 1.82) is 0 Å². The number of hydrogen-bond donors (Lipinski definition) is 0. The van der Waals surface area contributed by atoms with Crippen molar-refractivity contribution in [2.45, 2.75) is 6.42 Å². The summed E-state index contributed by atoms with van der Waals surface area (Å²) in [7, 11) is -2.96. The van der Waals surface area contributed by atoms with E-state index in [1.165, 1.54) is 6.26 Å². The Morgan fingerprint density at radius 2 is 1.72 bits per heavy atom. The van der Waals surface area contributed by atoms with E-state index < -0.39 is 9.84 Å². The van der Waals surface area contributed by atoms with Crippen LogP contribution in [0.2, 0.25) is 0 Å². The van der Waals surface area contributed by atoms with Gasteiger partial charge in [0, 0.05) is 31.0 Å². The minimum absolute atomic E-state index is 0.136. The number of nitrogens with zero attached hydrogens (tertiary/aromatic N) is 2. The van der Waals surface area contributed by atoms with Gasteiger partial charge in [-0.15, -0.1) is 0 Å². The second kappa shape index (κ2) is 5.27. The maximum Gasteiger partial charge on any atom is 0.147 e. The molecule has 0 radical (unpaired) electrons. The van der Waals surface area contributed by atoms with Crippen LogP contribution >= 0.6 is 0 Å². The van der Waals surface area contributed by atoms with Crippen LogP contribution in [0.25, 0.3) is 11.1 Å². The minimum atomic E-state index is -2.96. The Balaban J connectivity index is 2.32. The molecule has 4 nitrogen and oxygen atoms in total. The maximum atomic E-state index is 11.2. The molecule has 0 N–H and O–H groups in total. The SMILES string of the molecule is CS(=O)(=O)CCc1cnccc1-c1ccncc1. The molecule has 0 amide bonds. The van der Waals surface area contributed by atoms with Crippen LogP contribution in [-0.2, 0) is 16.3 Å². The van der Waals surface area contributed by atoms with Crippen LogP contribution in [0.15, 0.2) is 43.0 Å². The molecule has 0 aliphatic rings. The molecule has 2 aromatic heterocycles. The van der Waals surface area contributed by atoms with Gasteiger partial charge in [-0.05, 0) is 41.3 Å². The summed E-state index contributed by atoms with van der Waals surface area (Å²) in [5, 5.41) is 0. The number of aryl methyl sites for hydroxylation is 1. The first-order chi connectivity index (χ1) is 8.56. The van der Waals surface area contributed by atoms with Crippen molar-refractivity contribution in [2.24, 2.45) is 0 Å². The lowest BCUT2D eigenvalue weighted by molar-refractivity contribution is 0.601. The lowest BCUT2D eigenvalue weighted by Crippen LogP contribution is -2.06. The van der Waals surface area contributed by atoms with Crippen molar-refractivity contribution < 1.29 is 8.42 Å². The molecule has 0 aliphatic heterocycles. The highest BCUT2D eigenvalue weighted by molar-refractivity contribution is 7.90. The van der Waals surface area contributed by atoms with E-state index in [4.69, 9.17) is 0 Å². The van der Waals surface area contributed by atoms with Crippen LogP contribution in [-0.4, -0.2) is 30.4 Å². The average molecular weight is 262 g/mol. The van der Waals surface area contributed by atoms with Gasteiger partial charge in [0.2, 0.25) is 0 Å². The van der Waals surface area contributed by atoms with E-state index in [0.29, 0.717) is 6.42 Å². The molecule has 2 rings (SSSR count). The molecule has 0 spiro atoms. The van der Waals surface area contributed by atoms with E-state index in [0.717, 1.165) is 16.7 Å². The zero-order chi connectivity index (χ0) is 13.0. The Morgan fingerprint density at radius 1 is 1.06 bits per heavy atom. The second-order valence-corrected chi connectivity index (χ2v) is 6.41. The summed E-state index contributed by atoms with van der Waals surface area (Å²) in [6.07, 6.45) is 8.59. The average Bonchev–Trinajstić information content (AvgIpc) is 2.37. The van der Waals surface area contributed by atoms with E-state index in [2.05, 4.69) is 9.97 Å². The van der Waals surface area contributed by atoms with Gasteiger partial charge in [0.1, 0.15) is 9.84 Å². The second-order valence-electron chi connectivity index (χ2n) is 4.15. The fraction of sp³-hybridized carbons (Fsp3) is 0.231. The summed E-state index contributed by atoms with van der Waals surface area (Å²) in [6.45, 7) is 0. The summed E-state index contributed by atoms with van der Waals surface area (Å²) in [5.74, 6) is 0.136. The van der Waals surface area contributed by atoms with Crippen LogP contribution in [0, 0.1) is 0 Å². The van der Waals surface area contributed by atoms with Gasteiger partial charge in [-0.2, -0.15) is 0 Å². The molecule has 0 saturated carbocycles. The highest BCUT2D eigenvalue weighted by Crippen LogP contribution is 2.22. The van der Waals surface area contributed by atoms with Crippen LogP contribution in [0.1, 0.15) is 5.56 Å². The van der Waals surface area contributed by atoms with Crippen molar-refractivity contribution in [3.8, 4) is 11.1 Å². The first-order valence-electron chi connectivity index (χ1n) is 5.57. The summed E-state index contributed by atoms with van der Waals surface area (Å²) in [4.78, 5) is 8.04. The van der Waals surface area contributed by atoms with Gasteiger partial charge in [-0.25, -0.2) is 8.42 Å². The normalized spacial score (nSPS) is 11.4. The molecule has 18 heavy (non-hydrogen) atoms. The summed E-state index contributed by atoms with van der Waals surface area (Å²) >= 11 is 0. The van der Waals surface area contributed by atoms with Gasteiger partial charge in [-0.3, -0.25) is 9.97 Å². The molecule has 0 aromatic carbocycles. The molecular formula is C13H14N2O2S. The summed E-state index contributed by atoms with van der Waals surface area (Å²) < 4.78 is 22.4. The fourth-order valence-corrected chi connectivity index (χ4v) is 2.33. The van der Waals surface area contributed by atoms with Crippen molar-refractivity contribution in [1.82, 2.24) is 9.97 Å². The molecule has 0 bridgehead atoms. The van der Waals surface area contributed by atoms with Crippen LogP contribution in [0.5, 0.6) is 0 Å². The van der Waals surface area contributed by atoms with Crippen molar-refractivity contribution in [2.75, 3.05) is 12.0 Å². The smallest absolute Gasteiger partial charge is 0.147 e. The largest absolute Gasteiger partial charge is 0.265 e. The maximum absolute atomic E-state index is 11.2. The van der Waals surface area contributed by atoms with E-state index in [9.17, 15) is 8.42 Å². The lowest BCUT2D eigenvalue weighted by atomic mass is 10.0. The molecule has 0 aliphatic carbocycles. The minimum Gasteiger partial charge on any atom is -0.265 e. The Morgan fingerprint density at radius 3 is 2.39 bits per heavy atom. The lowest BCUT2D eigenvalue weighted by Gasteiger charge is -2.08. The van der Waals surface area contributed by atoms with Gasteiger partial charge in [0.25, 0.3) is 0 Å². The molecule has 94 valence electrons. The Hall–Kier alpha value is -1.75.